The number of ether oxygens (including phenoxy) is 1. The molecule has 1 heterocycles. The van der Waals surface area contributed by atoms with Crippen molar-refractivity contribution in [2.45, 2.75) is 24.5 Å². The van der Waals surface area contributed by atoms with E-state index in [1.165, 1.54) is 4.41 Å². The molecule has 0 aliphatic carbocycles. The smallest absolute Gasteiger partial charge is 0.281 e. The predicted molar refractivity (Wildman–Crippen MR) is 146 cm³/mol. The van der Waals surface area contributed by atoms with Crippen LogP contribution in [0.1, 0.15) is 28.4 Å². The minimum absolute atomic E-state index is 0.178. The maximum atomic E-state index is 14.0. The second kappa shape index (κ2) is 10.3. The maximum Gasteiger partial charge on any atom is 0.281 e. The number of nitrogens with zero attached hydrogens (tertiary/aromatic N) is 3. The van der Waals surface area contributed by atoms with E-state index in [4.69, 9.17) is 21.4 Å². The van der Waals surface area contributed by atoms with E-state index in [0.29, 0.717) is 23.2 Å². The van der Waals surface area contributed by atoms with Crippen LogP contribution in [0.4, 0.5) is 0 Å². The molecule has 37 heavy (non-hydrogen) atoms. The van der Waals surface area contributed by atoms with Gasteiger partial charge in [0.25, 0.3) is 10.0 Å². The molecule has 8 heteroatoms. The lowest BCUT2D eigenvalue weighted by Crippen LogP contribution is -2.37. The number of sulfonamides is 1. The van der Waals surface area contributed by atoms with Crippen LogP contribution in [0.25, 0.3) is 0 Å². The maximum absolute atomic E-state index is 14.0. The first-order valence-electron chi connectivity index (χ1n) is 11.8. The fourth-order valence-electron chi connectivity index (χ4n) is 4.29. The van der Waals surface area contributed by atoms with Crippen molar-refractivity contribution in [3.8, 4) is 5.75 Å². The number of hydrogen-bond donors (Lipinski definition) is 0. The summed E-state index contributed by atoms with van der Waals surface area (Å²) in [5.74, 6) is 1.22. The molecular formula is C29H26ClN3O3S. The minimum Gasteiger partial charge on any atom is -0.497 e. The van der Waals surface area contributed by atoms with Crippen molar-refractivity contribution in [1.82, 2.24) is 9.31 Å². The standard InChI is InChI=1S/C29H26ClN3O3S/c1-21-8-18-27(19-9-21)37(34,35)33-29(24-12-16-26(36-2)17-13-24)32(20-22-6-4-3-5-7-22)28(31-33)23-10-14-25(30)15-11-23/h3-19,29H,20H2,1-2H3. The molecule has 0 radical (unpaired) electrons. The third-order valence-corrected chi connectivity index (χ3v) is 8.14. The van der Waals surface area contributed by atoms with Gasteiger partial charge in [-0.3, -0.25) is 0 Å². The van der Waals surface area contributed by atoms with E-state index < -0.39 is 16.2 Å². The first-order valence-corrected chi connectivity index (χ1v) is 13.6. The Morgan fingerprint density at radius 2 is 1.51 bits per heavy atom. The van der Waals surface area contributed by atoms with Crippen molar-refractivity contribution in [2.75, 3.05) is 7.11 Å². The van der Waals surface area contributed by atoms with Gasteiger partial charge in [-0.1, -0.05) is 71.8 Å². The van der Waals surface area contributed by atoms with Crippen LogP contribution in [-0.4, -0.2) is 30.7 Å². The van der Waals surface area contributed by atoms with Crippen molar-refractivity contribution in [3.63, 3.8) is 0 Å². The van der Waals surface area contributed by atoms with Gasteiger partial charge in [-0.15, -0.1) is 5.10 Å². The Morgan fingerprint density at radius 3 is 2.14 bits per heavy atom. The topological polar surface area (TPSA) is 62.2 Å². The Hall–Kier alpha value is -3.81. The fourth-order valence-corrected chi connectivity index (χ4v) is 5.80. The Balaban J connectivity index is 1.69. The van der Waals surface area contributed by atoms with Gasteiger partial charge in [0, 0.05) is 17.1 Å². The number of halogens is 1. The van der Waals surface area contributed by atoms with Crippen LogP contribution in [0.2, 0.25) is 5.02 Å². The molecule has 0 bridgehead atoms. The summed E-state index contributed by atoms with van der Waals surface area (Å²) in [7, 11) is -2.40. The van der Waals surface area contributed by atoms with Crippen LogP contribution < -0.4 is 4.74 Å². The molecule has 4 aromatic rings. The third kappa shape index (κ3) is 5.05. The number of hydrogen-bond acceptors (Lipinski definition) is 5. The van der Waals surface area contributed by atoms with Crippen LogP contribution in [-0.2, 0) is 16.6 Å². The molecule has 1 atom stereocenters. The van der Waals surface area contributed by atoms with Gasteiger partial charge < -0.3 is 9.64 Å². The molecule has 0 aromatic heterocycles. The highest BCUT2D eigenvalue weighted by molar-refractivity contribution is 7.89. The molecule has 1 unspecified atom stereocenters. The van der Waals surface area contributed by atoms with E-state index >= 15 is 0 Å². The molecule has 1 aliphatic rings. The van der Waals surface area contributed by atoms with Crippen molar-refractivity contribution in [1.29, 1.82) is 0 Å². The molecule has 0 spiro atoms. The van der Waals surface area contributed by atoms with Crippen molar-refractivity contribution < 1.29 is 13.2 Å². The average molecular weight is 532 g/mol. The molecule has 0 amide bonds. The lowest BCUT2D eigenvalue weighted by Gasteiger charge is -2.32. The summed E-state index contributed by atoms with van der Waals surface area (Å²) in [6, 6.07) is 31.4. The number of hydrazone groups is 1. The van der Waals surface area contributed by atoms with Crippen LogP contribution >= 0.6 is 11.6 Å². The van der Waals surface area contributed by atoms with E-state index in [1.807, 2.05) is 78.6 Å². The van der Waals surface area contributed by atoms with Gasteiger partial charge in [0.15, 0.2) is 12.0 Å². The van der Waals surface area contributed by atoms with Crippen LogP contribution in [0.5, 0.6) is 5.75 Å². The summed E-state index contributed by atoms with van der Waals surface area (Å²) in [5.41, 5.74) is 3.53. The molecule has 188 valence electrons. The van der Waals surface area contributed by atoms with Gasteiger partial charge in [0.1, 0.15) is 5.75 Å². The van der Waals surface area contributed by atoms with Gasteiger partial charge in [0.05, 0.1) is 12.0 Å². The molecule has 4 aromatic carbocycles. The second-order valence-corrected chi connectivity index (χ2v) is 11.0. The summed E-state index contributed by atoms with van der Waals surface area (Å²) < 4.78 is 34.6. The van der Waals surface area contributed by atoms with Crippen LogP contribution in [0.3, 0.4) is 0 Å². The number of rotatable bonds is 7. The first-order chi connectivity index (χ1) is 17.9. The van der Waals surface area contributed by atoms with Crippen LogP contribution in [0, 0.1) is 6.92 Å². The highest BCUT2D eigenvalue weighted by atomic mass is 35.5. The number of aryl methyl sites for hydroxylation is 1. The SMILES string of the molecule is COc1ccc(C2N(Cc3ccccc3)C(c3ccc(Cl)cc3)=NN2S(=O)(=O)c2ccc(C)cc2)cc1. The summed E-state index contributed by atoms with van der Waals surface area (Å²) in [6.45, 7) is 2.36. The lowest BCUT2D eigenvalue weighted by atomic mass is 10.1. The molecule has 0 saturated heterocycles. The zero-order chi connectivity index (χ0) is 26.0. The van der Waals surface area contributed by atoms with Gasteiger partial charge in [-0.2, -0.15) is 12.8 Å². The van der Waals surface area contributed by atoms with Gasteiger partial charge >= 0.3 is 0 Å². The molecular weight excluding hydrogens is 506 g/mol. The van der Waals surface area contributed by atoms with Gasteiger partial charge in [0.2, 0.25) is 0 Å². The Labute approximate surface area is 222 Å². The average Bonchev–Trinajstić information content (AvgIpc) is 3.30. The lowest BCUT2D eigenvalue weighted by molar-refractivity contribution is 0.208. The monoisotopic (exact) mass is 531 g/mol. The van der Waals surface area contributed by atoms with Gasteiger partial charge in [-0.25, -0.2) is 0 Å². The highest BCUT2D eigenvalue weighted by Gasteiger charge is 2.43. The molecule has 6 nitrogen and oxygen atoms in total. The first kappa shape index (κ1) is 24.9. The number of amidine groups is 1. The van der Waals surface area contributed by atoms with E-state index in [0.717, 1.165) is 22.3 Å². The number of benzene rings is 4. The molecule has 5 rings (SSSR count). The Kier molecular flexibility index (Phi) is 6.91. The molecule has 0 N–H and O–H groups in total. The quantitative estimate of drug-likeness (QED) is 0.284. The van der Waals surface area contributed by atoms with E-state index in [9.17, 15) is 8.42 Å². The van der Waals surface area contributed by atoms with Gasteiger partial charge in [-0.05, 0) is 66.6 Å². The van der Waals surface area contributed by atoms with E-state index in [2.05, 4.69) is 0 Å². The largest absolute Gasteiger partial charge is 0.497 e. The summed E-state index contributed by atoms with van der Waals surface area (Å²) in [6.07, 6.45) is -0.719. The highest BCUT2D eigenvalue weighted by Crippen LogP contribution is 2.39. The second-order valence-electron chi connectivity index (χ2n) is 8.78. The molecule has 0 saturated carbocycles. The summed E-state index contributed by atoms with van der Waals surface area (Å²) >= 11 is 6.16. The molecule has 0 fully saturated rings. The minimum atomic E-state index is -4.00. The van der Waals surface area contributed by atoms with Crippen molar-refractivity contribution in [2.24, 2.45) is 5.10 Å². The summed E-state index contributed by atoms with van der Waals surface area (Å²) in [5, 5.41) is 5.34. The third-order valence-electron chi connectivity index (χ3n) is 6.25. The van der Waals surface area contributed by atoms with Crippen molar-refractivity contribution >= 4 is 27.5 Å². The van der Waals surface area contributed by atoms with E-state index in [1.54, 1.807) is 43.5 Å². The summed E-state index contributed by atoms with van der Waals surface area (Å²) in [4.78, 5) is 2.18. The normalized spacial score (nSPS) is 15.5. The zero-order valence-electron chi connectivity index (χ0n) is 20.5. The number of methoxy groups -OCH3 is 1. The Bertz CT molecular complexity index is 1510. The van der Waals surface area contributed by atoms with E-state index in [-0.39, 0.29) is 4.90 Å². The molecule has 1 aliphatic heterocycles. The fraction of sp³-hybridized carbons (Fsp3) is 0.138. The van der Waals surface area contributed by atoms with Crippen LogP contribution in [0.15, 0.2) is 113 Å². The van der Waals surface area contributed by atoms with Crippen molar-refractivity contribution in [3.05, 3.63) is 130 Å². The zero-order valence-corrected chi connectivity index (χ0v) is 22.0. The predicted octanol–water partition coefficient (Wildman–Crippen LogP) is 6.22. The Morgan fingerprint density at radius 1 is 0.865 bits per heavy atom.